The second kappa shape index (κ2) is 5.67. The maximum absolute atomic E-state index is 6.20. The summed E-state index contributed by atoms with van der Waals surface area (Å²) in [7, 11) is 6.94. The Morgan fingerprint density at radius 3 is 2.00 bits per heavy atom. The highest BCUT2D eigenvalue weighted by molar-refractivity contribution is 5.54. The van der Waals surface area contributed by atoms with Crippen molar-refractivity contribution >= 4 is 0 Å². The van der Waals surface area contributed by atoms with Gasteiger partial charge in [0.05, 0.1) is 21.3 Å². The van der Waals surface area contributed by atoms with E-state index in [-0.39, 0.29) is 6.04 Å². The summed E-state index contributed by atoms with van der Waals surface area (Å²) in [5.41, 5.74) is 7.33. The van der Waals surface area contributed by atoms with Crippen LogP contribution >= 0.6 is 0 Å². The zero-order valence-corrected chi connectivity index (χ0v) is 12.0. The van der Waals surface area contributed by atoms with Crippen molar-refractivity contribution in [3.63, 3.8) is 0 Å². The molecule has 0 spiro atoms. The highest BCUT2D eigenvalue weighted by atomic mass is 16.5. The Morgan fingerprint density at radius 2 is 1.63 bits per heavy atom. The summed E-state index contributed by atoms with van der Waals surface area (Å²) in [4.78, 5) is 2.23. The maximum Gasteiger partial charge on any atom is 0.203 e. The summed E-state index contributed by atoms with van der Waals surface area (Å²) in [6.07, 6.45) is 0. The minimum atomic E-state index is 0.132. The number of nitrogens with zero attached hydrogens (tertiary/aromatic N) is 1. The van der Waals surface area contributed by atoms with Crippen LogP contribution in [0.4, 0.5) is 0 Å². The molecule has 0 unspecified atom stereocenters. The van der Waals surface area contributed by atoms with E-state index in [0.29, 0.717) is 23.2 Å². The smallest absolute Gasteiger partial charge is 0.203 e. The van der Waals surface area contributed by atoms with Crippen molar-refractivity contribution < 1.29 is 14.2 Å². The number of hydrogen-bond donors (Lipinski definition) is 1. The molecule has 0 saturated carbocycles. The molecule has 0 aliphatic carbocycles. The lowest BCUT2D eigenvalue weighted by Crippen LogP contribution is -2.27. The summed E-state index contributed by atoms with van der Waals surface area (Å²) in [5, 5.41) is 0. The van der Waals surface area contributed by atoms with Crippen molar-refractivity contribution in [2.75, 3.05) is 41.5 Å². The van der Waals surface area contributed by atoms with E-state index in [2.05, 4.69) is 11.9 Å². The molecular weight excluding hydrogens is 244 g/mol. The number of methoxy groups -OCH3 is 3. The number of nitrogens with two attached hydrogens (primary N) is 1. The molecule has 2 rings (SSSR count). The lowest BCUT2D eigenvalue weighted by molar-refractivity contribution is 0.323. The predicted molar refractivity (Wildman–Crippen MR) is 74.3 cm³/mol. The third-order valence-electron chi connectivity index (χ3n) is 3.66. The van der Waals surface area contributed by atoms with Crippen LogP contribution in [0.3, 0.4) is 0 Å². The monoisotopic (exact) mass is 266 g/mol. The van der Waals surface area contributed by atoms with Crippen molar-refractivity contribution in [1.29, 1.82) is 0 Å². The van der Waals surface area contributed by atoms with Gasteiger partial charge >= 0.3 is 0 Å². The average molecular weight is 266 g/mol. The molecule has 1 aliphatic rings. The van der Waals surface area contributed by atoms with E-state index in [1.165, 1.54) is 0 Å². The molecule has 0 radical (unpaired) electrons. The summed E-state index contributed by atoms with van der Waals surface area (Å²) in [6, 6.07) is 4.11. The fraction of sp³-hybridized carbons (Fsp3) is 0.571. The van der Waals surface area contributed by atoms with E-state index < -0.39 is 0 Å². The van der Waals surface area contributed by atoms with Crippen molar-refractivity contribution in [1.82, 2.24) is 4.90 Å². The van der Waals surface area contributed by atoms with Gasteiger partial charge in [-0.1, -0.05) is 0 Å². The molecule has 1 aromatic carbocycles. The molecular formula is C14H22N2O3. The Labute approximate surface area is 114 Å². The number of hydrogen-bond acceptors (Lipinski definition) is 5. The van der Waals surface area contributed by atoms with Crippen molar-refractivity contribution in [3.05, 3.63) is 17.7 Å². The van der Waals surface area contributed by atoms with Crippen LogP contribution in [-0.2, 0) is 0 Å². The Kier molecular flexibility index (Phi) is 4.17. The van der Waals surface area contributed by atoms with Gasteiger partial charge in [0.25, 0.3) is 0 Å². The molecule has 106 valence electrons. The fourth-order valence-electron chi connectivity index (χ4n) is 2.70. The van der Waals surface area contributed by atoms with E-state index in [4.69, 9.17) is 19.9 Å². The minimum Gasteiger partial charge on any atom is -0.493 e. The normalized spacial score (nSPS) is 23.4. The predicted octanol–water partition coefficient (Wildman–Crippen LogP) is 1.07. The van der Waals surface area contributed by atoms with E-state index >= 15 is 0 Å². The first-order valence-corrected chi connectivity index (χ1v) is 6.34. The van der Waals surface area contributed by atoms with Gasteiger partial charge in [0, 0.05) is 25.0 Å². The molecule has 1 heterocycles. The highest BCUT2D eigenvalue weighted by Gasteiger charge is 2.30. The molecule has 0 aromatic heterocycles. The second-order valence-electron chi connectivity index (χ2n) is 4.95. The zero-order valence-electron chi connectivity index (χ0n) is 12.0. The summed E-state index contributed by atoms with van der Waals surface area (Å²) in [5.74, 6) is 2.27. The van der Waals surface area contributed by atoms with Gasteiger partial charge in [-0.2, -0.15) is 0 Å². The lowest BCUT2D eigenvalue weighted by atomic mass is 9.94. The van der Waals surface area contributed by atoms with Crippen LogP contribution in [-0.4, -0.2) is 52.4 Å². The molecule has 0 amide bonds. The number of likely N-dealkylation sites (tertiary alicyclic amines) is 1. The Morgan fingerprint density at radius 1 is 1.05 bits per heavy atom. The maximum atomic E-state index is 6.20. The third-order valence-corrected chi connectivity index (χ3v) is 3.66. The van der Waals surface area contributed by atoms with Crippen LogP contribution in [0.2, 0.25) is 0 Å². The Hall–Kier alpha value is -1.46. The second-order valence-corrected chi connectivity index (χ2v) is 4.95. The van der Waals surface area contributed by atoms with Crippen molar-refractivity contribution in [2.45, 2.75) is 12.0 Å². The van der Waals surface area contributed by atoms with E-state index in [1.807, 2.05) is 12.1 Å². The highest BCUT2D eigenvalue weighted by Crippen LogP contribution is 2.41. The van der Waals surface area contributed by atoms with Crippen LogP contribution in [0.25, 0.3) is 0 Å². The average Bonchev–Trinajstić information content (AvgIpc) is 2.75. The van der Waals surface area contributed by atoms with Gasteiger partial charge in [-0.3, -0.25) is 0 Å². The largest absolute Gasteiger partial charge is 0.493 e. The molecule has 0 bridgehead atoms. The van der Waals surface area contributed by atoms with Gasteiger partial charge < -0.3 is 24.8 Å². The summed E-state index contributed by atoms with van der Waals surface area (Å²) < 4.78 is 16.1. The van der Waals surface area contributed by atoms with E-state index in [9.17, 15) is 0 Å². The SMILES string of the molecule is COc1cc([C@H]2CN(C)C[C@@H]2N)cc(OC)c1OC. The Balaban J connectivity index is 2.41. The first-order valence-electron chi connectivity index (χ1n) is 6.34. The van der Waals surface area contributed by atoms with Crippen LogP contribution < -0.4 is 19.9 Å². The molecule has 1 aliphatic heterocycles. The third kappa shape index (κ3) is 2.62. The van der Waals surface area contributed by atoms with Gasteiger partial charge in [-0.15, -0.1) is 0 Å². The number of ether oxygens (including phenoxy) is 3. The molecule has 2 N–H and O–H groups in total. The van der Waals surface area contributed by atoms with Gasteiger partial charge in [-0.05, 0) is 24.7 Å². The van der Waals surface area contributed by atoms with Crippen molar-refractivity contribution in [2.24, 2.45) is 5.73 Å². The fourth-order valence-corrected chi connectivity index (χ4v) is 2.70. The molecule has 1 fully saturated rings. The van der Waals surface area contributed by atoms with Gasteiger partial charge in [-0.25, -0.2) is 0 Å². The number of benzene rings is 1. The van der Waals surface area contributed by atoms with Crippen molar-refractivity contribution in [3.8, 4) is 17.2 Å². The van der Waals surface area contributed by atoms with E-state index in [0.717, 1.165) is 18.7 Å². The molecule has 19 heavy (non-hydrogen) atoms. The molecule has 2 atom stereocenters. The van der Waals surface area contributed by atoms with Crippen LogP contribution in [0.1, 0.15) is 11.5 Å². The quantitative estimate of drug-likeness (QED) is 0.883. The van der Waals surface area contributed by atoms with Crippen LogP contribution in [0.15, 0.2) is 12.1 Å². The molecule has 1 aromatic rings. The summed E-state index contributed by atoms with van der Waals surface area (Å²) >= 11 is 0. The Bertz CT molecular complexity index is 425. The van der Waals surface area contributed by atoms with Gasteiger partial charge in [0.15, 0.2) is 11.5 Å². The lowest BCUT2D eigenvalue weighted by Gasteiger charge is -2.19. The minimum absolute atomic E-state index is 0.132. The van der Waals surface area contributed by atoms with Crippen LogP contribution in [0, 0.1) is 0 Å². The number of rotatable bonds is 4. The number of likely N-dealkylation sites (N-methyl/N-ethyl adjacent to an activating group) is 1. The molecule has 5 nitrogen and oxygen atoms in total. The standard InChI is InChI=1S/C14H22N2O3/c1-16-7-10(11(15)8-16)9-5-12(17-2)14(19-4)13(6-9)18-3/h5-6,10-11H,7-8,15H2,1-4H3/t10-,11+/m1/s1. The zero-order chi connectivity index (χ0) is 14.0. The summed E-state index contributed by atoms with van der Waals surface area (Å²) in [6.45, 7) is 1.85. The first-order chi connectivity index (χ1) is 9.10. The van der Waals surface area contributed by atoms with E-state index in [1.54, 1.807) is 21.3 Å². The molecule has 1 saturated heterocycles. The topological polar surface area (TPSA) is 57.0 Å². The van der Waals surface area contributed by atoms with Gasteiger partial charge in [0.1, 0.15) is 0 Å². The van der Waals surface area contributed by atoms with Gasteiger partial charge in [0.2, 0.25) is 5.75 Å². The van der Waals surface area contributed by atoms with Crippen LogP contribution in [0.5, 0.6) is 17.2 Å². The molecule has 5 heteroatoms. The first kappa shape index (κ1) is 14.0.